The first-order chi connectivity index (χ1) is 13.0. The quantitative estimate of drug-likeness (QED) is 0.836. The number of phenolic OH excluding ortho intramolecular Hbond substituents is 1. The molecule has 1 saturated heterocycles. The highest BCUT2D eigenvalue weighted by molar-refractivity contribution is 5.88. The van der Waals surface area contributed by atoms with Crippen molar-refractivity contribution in [1.82, 2.24) is 0 Å². The molecule has 1 aliphatic rings. The van der Waals surface area contributed by atoms with Gasteiger partial charge in [-0.15, -0.1) is 0 Å². The van der Waals surface area contributed by atoms with Crippen molar-refractivity contribution in [1.29, 1.82) is 0 Å². The maximum atomic E-state index is 10.7. The van der Waals surface area contributed by atoms with Gasteiger partial charge in [0.25, 0.3) is 0 Å². The van der Waals surface area contributed by atoms with Crippen molar-refractivity contribution in [3.05, 3.63) is 41.5 Å². The van der Waals surface area contributed by atoms with Crippen LogP contribution in [0.3, 0.4) is 0 Å². The van der Waals surface area contributed by atoms with Gasteiger partial charge in [-0.3, -0.25) is 0 Å². The van der Waals surface area contributed by atoms with Crippen LogP contribution in [-0.4, -0.2) is 64.6 Å². The minimum absolute atomic E-state index is 0.169. The van der Waals surface area contributed by atoms with Gasteiger partial charge in [-0.25, -0.2) is 0 Å². The van der Waals surface area contributed by atoms with E-state index in [2.05, 4.69) is 6.07 Å². The third kappa shape index (κ3) is 3.68. The summed E-state index contributed by atoms with van der Waals surface area (Å²) >= 11 is 0. The van der Waals surface area contributed by atoms with Crippen molar-refractivity contribution in [2.75, 3.05) is 35.0 Å². The molecule has 1 N–H and O–H groups in total. The lowest BCUT2D eigenvalue weighted by Gasteiger charge is -2.45. The molecular weight excluding hydrogens is 348 g/mol. The van der Waals surface area contributed by atoms with E-state index >= 15 is 0 Å². The molecular formula is C21H28O6. The molecule has 6 heteroatoms. The summed E-state index contributed by atoms with van der Waals surface area (Å²) in [5, 5.41) is 12.7. The molecule has 0 bridgehead atoms. The summed E-state index contributed by atoms with van der Waals surface area (Å²) in [4.78, 5) is 0. The number of hydrogen-bond acceptors (Lipinski definition) is 6. The van der Waals surface area contributed by atoms with Crippen molar-refractivity contribution >= 4 is 10.8 Å². The molecule has 148 valence electrons. The Hall–Kier alpha value is -1.70. The predicted octanol–water partition coefficient (Wildman–Crippen LogP) is 2.99. The Kier molecular flexibility index (Phi) is 6.34. The summed E-state index contributed by atoms with van der Waals surface area (Å²) in [7, 11) is 6.48. The second kappa shape index (κ2) is 8.54. The lowest BCUT2D eigenvalue weighted by molar-refractivity contribution is -0.252. The summed E-state index contributed by atoms with van der Waals surface area (Å²) in [6.45, 7) is 2.37. The smallest absolute Gasteiger partial charge is 0.122 e. The molecule has 5 atom stereocenters. The van der Waals surface area contributed by atoms with Gasteiger partial charge in [-0.05, 0) is 23.8 Å². The Balaban J connectivity index is 2.15. The molecule has 1 heterocycles. The van der Waals surface area contributed by atoms with Crippen LogP contribution in [0.5, 0.6) is 5.75 Å². The Morgan fingerprint density at radius 2 is 1.59 bits per heavy atom. The number of benzene rings is 2. The van der Waals surface area contributed by atoms with Crippen LogP contribution >= 0.6 is 0 Å². The van der Waals surface area contributed by atoms with E-state index in [9.17, 15) is 5.11 Å². The van der Waals surface area contributed by atoms with Crippen LogP contribution in [0.2, 0.25) is 0 Å². The van der Waals surface area contributed by atoms with Crippen molar-refractivity contribution in [2.24, 2.45) is 0 Å². The van der Waals surface area contributed by atoms with Gasteiger partial charge in [-0.1, -0.05) is 29.8 Å². The molecule has 0 aliphatic carbocycles. The van der Waals surface area contributed by atoms with Crippen molar-refractivity contribution < 1.29 is 28.8 Å². The highest BCUT2D eigenvalue weighted by Gasteiger charge is 2.48. The minimum Gasteiger partial charge on any atom is -0.508 e. The number of phenols is 1. The second-order valence-corrected chi connectivity index (χ2v) is 6.87. The molecule has 1 aliphatic heterocycles. The molecule has 0 radical (unpaired) electrons. The van der Waals surface area contributed by atoms with Crippen LogP contribution in [0, 0.1) is 6.92 Å². The average molecular weight is 376 g/mol. The molecule has 1 fully saturated rings. The molecule has 0 aromatic heterocycles. The lowest BCUT2D eigenvalue weighted by atomic mass is 9.87. The van der Waals surface area contributed by atoms with E-state index < -0.39 is 12.2 Å². The second-order valence-electron chi connectivity index (χ2n) is 6.87. The topological polar surface area (TPSA) is 66.4 Å². The Morgan fingerprint density at radius 1 is 0.926 bits per heavy atom. The highest BCUT2D eigenvalue weighted by atomic mass is 16.6. The molecule has 2 aromatic rings. The van der Waals surface area contributed by atoms with Gasteiger partial charge < -0.3 is 28.8 Å². The van der Waals surface area contributed by atoms with Gasteiger partial charge in [0, 0.05) is 34.0 Å². The van der Waals surface area contributed by atoms with Crippen molar-refractivity contribution in [3.63, 3.8) is 0 Å². The molecule has 0 amide bonds. The van der Waals surface area contributed by atoms with Crippen molar-refractivity contribution in [3.8, 4) is 5.75 Å². The van der Waals surface area contributed by atoms with Gasteiger partial charge >= 0.3 is 0 Å². The fourth-order valence-corrected chi connectivity index (χ4v) is 4.00. The van der Waals surface area contributed by atoms with E-state index in [0.29, 0.717) is 12.2 Å². The Labute approximate surface area is 159 Å². The number of methoxy groups -OCH3 is 4. The molecule has 27 heavy (non-hydrogen) atoms. The Morgan fingerprint density at radius 3 is 2.22 bits per heavy atom. The van der Waals surface area contributed by atoms with E-state index in [4.69, 9.17) is 23.7 Å². The number of aryl methyl sites for hydroxylation is 1. The van der Waals surface area contributed by atoms with Crippen LogP contribution in [-0.2, 0) is 23.7 Å². The standard InChI is InChI=1S/C21H28O6/c1-12-6-7-13-8-9-15(22)17(14(13)10-12)19-21(26-5)20(25-4)18(24-3)16(27-19)11-23-2/h6-10,16,18-22H,11H2,1-5H3. The van der Waals surface area contributed by atoms with Crippen molar-refractivity contribution in [2.45, 2.75) is 37.4 Å². The maximum Gasteiger partial charge on any atom is 0.122 e. The van der Waals surface area contributed by atoms with E-state index in [-0.39, 0.29) is 24.1 Å². The SMILES string of the molecule is COCC1OC(c2c(O)ccc3ccc(C)cc23)C(OC)C(OC)C1OC. The van der Waals surface area contributed by atoms with Gasteiger partial charge in [0.15, 0.2) is 0 Å². The van der Waals surface area contributed by atoms with E-state index in [1.165, 1.54) is 0 Å². The molecule has 0 spiro atoms. The van der Waals surface area contributed by atoms with E-state index in [1.54, 1.807) is 34.5 Å². The van der Waals surface area contributed by atoms with Crippen LogP contribution in [0.1, 0.15) is 17.2 Å². The first kappa shape index (κ1) is 20.0. The van der Waals surface area contributed by atoms with Crippen LogP contribution in [0.25, 0.3) is 10.8 Å². The molecule has 5 unspecified atom stereocenters. The monoisotopic (exact) mass is 376 g/mol. The fourth-order valence-electron chi connectivity index (χ4n) is 4.00. The summed E-state index contributed by atoms with van der Waals surface area (Å²) in [5.74, 6) is 0.169. The number of aromatic hydroxyl groups is 1. The first-order valence-electron chi connectivity index (χ1n) is 9.00. The summed E-state index contributed by atoms with van der Waals surface area (Å²) in [5.41, 5.74) is 1.80. The number of ether oxygens (including phenoxy) is 5. The third-order valence-corrected chi connectivity index (χ3v) is 5.26. The highest BCUT2D eigenvalue weighted by Crippen LogP contribution is 2.43. The lowest BCUT2D eigenvalue weighted by Crippen LogP contribution is -2.57. The van der Waals surface area contributed by atoms with E-state index in [1.807, 2.05) is 25.1 Å². The minimum atomic E-state index is -0.531. The third-order valence-electron chi connectivity index (χ3n) is 5.26. The van der Waals surface area contributed by atoms with E-state index in [0.717, 1.165) is 16.3 Å². The van der Waals surface area contributed by atoms with Crippen LogP contribution in [0.15, 0.2) is 30.3 Å². The largest absolute Gasteiger partial charge is 0.508 e. The average Bonchev–Trinajstić information content (AvgIpc) is 2.67. The number of fused-ring (bicyclic) bond motifs is 1. The number of rotatable bonds is 6. The molecule has 3 rings (SSSR count). The molecule has 0 saturated carbocycles. The normalized spacial score (nSPS) is 28.6. The van der Waals surface area contributed by atoms with Gasteiger partial charge in [0.05, 0.1) is 6.61 Å². The molecule has 2 aromatic carbocycles. The zero-order valence-corrected chi connectivity index (χ0v) is 16.5. The zero-order valence-electron chi connectivity index (χ0n) is 16.5. The maximum absolute atomic E-state index is 10.7. The number of hydrogen-bond donors (Lipinski definition) is 1. The zero-order chi connectivity index (χ0) is 19.6. The van der Waals surface area contributed by atoms with Crippen LogP contribution < -0.4 is 0 Å². The summed E-state index contributed by atoms with van der Waals surface area (Å²) in [6.07, 6.45) is -2.07. The first-order valence-corrected chi connectivity index (χ1v) is 9.00. The van der Waals surface area contributed by atoms with Crippen LogP contribution in [0.4, 0.5) is 0 Å². The summed E-state index contributed by atoms with van der Waals surface area (Å²) < 4.78 is 28.8. The van der Waals surface area contributed by atoms with Gasteiger partial charge in [0.1, 0.15) is 36.3 Å². The van der Waals surface area contributed by atoms with Gasteiger partial charge in [-0.2, -0.15) is 0 Å². The Bertz CT molecular complexity index is 771. The van der Waals surface area contributed by atoms with Gasteiger partial charge in [0.2, 0.25) is 0 Å². The molecule has 6 nitrogen and oxygen atoms in total. The summed E-state index contributed by atoms with van der Waals surface area (Å²) in [6, 6.07) is 9.73. The predicted molar refractivity (Wildman–Crippen MR) is 102 cm³/mol. The fraction of sp³-hybridized carbons (Fsp3) is 0.524.